The molecule has 0 aliphatic heterocycles. The smallest absolute Gasteiger partial charge is 0.380 e. The molecule has 0 amide bonds. The predicted octanol–water partition coefficient (Wildman–Crippen LogP) is 4.99. The minimum Gasteiger partial charge on any atom is -0.380 e. The molecule has 1 heterocycles. The molecule has 0 saturated carbocycles. The third-order valence-electron chi connectivity index (χ3n) is 4.64. The highest BCUT2D eigenvalue weighted by Crippen LogP contribution is 2.43. The molecule has 0 radical (unpaired) electrons. The van der Waals surface area contributed by atoms with Gasteiger partial charge in [0.15, 0.2) is 5.60 Å². The van der Waals surface area contributed by atoms with Crippen molar-refractivity contribution < 1.29 is 22.7 Å². The Balaban J connectivity index is 2.43. The van der Waals surface area contributed by atoms with E-state index >= 15 is 0 Å². The second kappa shape index (κ2) is 7.35. The van der Waals surface area contributed by atoms with E-state index in [9.17, 15) is 22.7 Å². The number of hydrogen-bond acceptors (Lipinski definition) is 2. The van der Waals surface area contributed by atoms with Gasteiger partial charge in [0.05, 0.1) is 0 Å². The molecule has 0 aliphatic rings. The largest absolute Gasteiger partial charge is 0.417 e. The molecule has 2 nitrogen and oxygen atoms in total. The van der Waals surface area contributed by atoms with Gasteiger partial charge in [0.25, 0.3) is 0 Å². The van der Waals surface area contributed by atoms with Crippen LogP contribution in [0.1, 0.15) is 44.0 Å². The van der Waals surface area contributed by atoms with Gasteiger partial charge in [-0.2, -0.15) is 13.2 Å². The summed E-state index contributed by atoms with van der Waals surface area (Å²) in [5.41, 5.74) is -2.67. The van der Waals surface area contributed by atoms with Crippen LogP contribution in [0, 0.1) is 5.82 Å². The van der Waals surface area contributed by atoms with Crippen molar-refractivity contribution in [2.24, 2.45) is 0 Å². The first-order valence-electron chi connectivity index (χ1n) is 8.46. The molecule has 2 aromatic rings. The van der Waals surface area contributed by atoms with Crippen LogP contribution < -0.4 is 0 Å². The zero-order valence-corrected chi connectivity index (χ0v) is 15.1. The first-order chi connectivity index (χ1) is 12.0. The quantitative estimate of drug-likeness (QED) is 0.728. The van der Waals surface area contributed by atoms with Gasteiger partial charge in [0.2, 0.25) is 0 Å². The van der Waals surface area contributed by atoms with Crippen LogP contribution in [-0.4, -0.2) is 21.9 Å². The van der Waals surface area contributed by atoms with Gasteiger partial charge in [-0.25, -0.2) is 4.39 Å². The van der Waals surface area contributed by atoms with E-state index in [1.807, 2.05) is 6.92 Å². The lowest BCUT2D eigenvalue weighted by molar-refractivity contribution is -0.266. The van der Waals surface area contributed by atoms with Crippen LogP contribution in [-0.2, 0) is 18.3 Å². The molecular weight excluding hydrogens is 346 g/mol. The van der Waals surface area contributed by atoms with Crippen molar-refractivity contribution in [2.45, 2.75) is 57.2 Å². The van der Waals surface area contributed by atoms with Gasteiger partial charge in [-0.3, -0.25) is 4.98 Å². The molecule has 1 aromatic heterocycles. The lowest BCUT2D eigenvalue weighted by atomic mass is 9.72. The van der Waals surface area contributed by atoms with Crippen molar-refractivity contribution >= 4 is 0 Å². The Morgan fingerprint density at radius 2 is 1.77 bits per heavy atom. The van der Waals surface area contributed by atoms with E-state index in [0.29, 0.717) is 12.0 Å². The summed E-state index contributed by atoms with van der Waals surface area (Å²) in [6, 6.07) is 8.76. The number of aromatic nitrogens is 1. The molecule has 6 heteroatoms. The topological polar surface area (TPSA) is 33.1 Å². The highest BCUT2D eigenvalue weighted by Gasteiger charge is 2.56. The number of aryl methyl sites for hydroxylation is 1. The number of aliphatic hydroxyl groups is 1. The summed E-state index contributed by atoms with van der Waals surface area (Å²) in [4.78, 5) is 3.91. The monoisotopic (exact) mass is 369 g/mol. The van der Waals surface area contributed by atoms with Crippen LogP contribution in [0.3, 0.4) is 0 Å². The molecule has 0 fully saturated rings. The maximum Gasteiger partial charge on any atom is 0.417 e. The molecule has 0 bridgehead atoms. The first kappa shape index (κ1) is 20.4. The van der Waals surface area contributed by atoms with Gasteiger partial charge >= 0.3 is 6.18 Å². The molecule has 0 aliphatic carbocycles. The van der Waals surface area contributed by atoms with Crippen molar-refractivity contribution in [1.82, 2.24) is 4.98 Å². The molecule has 2 rings (SSSR count). The summed E-state index contributed by atoms with van der Waals surface area (Å²) in [6.45, 7) is 5.04. The van der Waals surface area contributed by atoms with Crippen LogP contribution in [0.5, 0.6) is 0 Å². The van der Waals surface area contributed by atoms with Crippen molar-refractivity contribution in [3.8, 4) is 0 Å². The lowest BCUT2D eigenvalue weighted by Gasteiger charge is -2.38. The molecule has 26 heavy (non-hydrogen) atoms. The fraction of sp³-hybridized carbons (Fsp3) is 0.450. The van der Waals surface area contributed by atoms with E-state index in [-0.39, 0.29) is 5.69 Å². The fourth-order valence-electron chi connectivity index (χ4n) is 3.38. The minimum absolute atomic E-state index is 0.151. The summed E-state index contributed by atoms with van der Waals surface area (Å²) in [5, 5.41) is 10.6. The first-order valence-corrected chi connectivity index (χ1v) is 8.46. The summed E-state index contributed by atoms with van der Waals surface area (Å²) in [5.74, 6) is -0.509. The number of rotatable bonds is 6. The van der Waals surface area contributed by atoms with Gasteiger partial charge < -0.3 is 5.11 Å². The van der Waals surface area contributed by atoms with Crippen molar-refractivity contribution in [3.05, 3.63) is 65.2 Å². The molecule has 1 N–H and O–H groups in total. The van der Waals surface area contributed by atoms with Crippen LogP contribution in [0.25, 0.3) is 0 Å². The van der Waals surface area contributed by atoms with Crippen molar-refractivity contribution in [1.29, 1.82) is 0 Å². The molecular formula is C20H23F4NO. The number of nitrogens with zero attached hydrogens (tertiary/aromatic N) is 1. The second-order valence-corrected chi connectivity index (χ2v) is 7.24. The Labute approximate surface area is 150 Å². The highest BCUT2D eigenvalue weighted by atomic mass is 19.4. The Morgan fingerprint density at radius 1 is 1.08 bits per heavy atom. The Bertz CT molecular complexity index is 743. The summed E-state index contributed by atoms with van der Waals surface area (Å²) < 4.78 is 55.0. The maximum atomic E-state index is 13.7. The Hall–Kier alpha value is -1.95. The highest BCUT2D eigenvalue weighted by molar-refractivity contribution is 5.35. The normalized spacial score (nSPS) is 14.9. The number of alkyl halides is 3. The van der Waals surface area contributed by atoms with E-state index in [4.69, 9.17) is 0 Å². The van der Waals surface area contributed by atoms with E-state index in [2.05, 4.69) is 4.98 Å². The van der Waals surface area contributed by atoms with Gasteiger partial charge in [0, 0.05) is 18.3 Å². The zero-order valence-electron chi connectivity index (χ0n) is 15.1. The standard InChI is InChI=1S/C20H23F4NO/c1-4-14-8-9-15(21)11-17(14)18(2,3)13-19(26,20(22,23)24)12-16-7-5-6-10-25-16/h5-11,26H,4,12-13H2,1-3H3. The van der Waals surface area contributed by atoms with Crippen molar-refractivity contribution in [3.63, 3.8) is 0 Å². The molecule has 1 aromatic carbocycles. The third kappa shape index (κ3) is 4.41. The van der Waals surface area contributed by atoms with Gasteiger partial charge in [-0.1, -0.05) is 32.9 Å². The van der Waals surface area contributed by atoms with Gasteiger partial charge in [-0.15, -0.1) is 0 Å². The average molecular weight is 369 g/mol. The average Bonchev–Trinajstić information content (AvgIpc) is 2.54. The number of hydrogen-bond donors (Lipinski definition) is 1. The fourth-order valence-corrected chi connectivity index (χ4v) is 3.38. The van der Waals surface area contributed by atoms with Crippen LogP contribution in [0.2, 0.25) is 0 Å². The summed E-state index contributed by atoms with van der Waals surface area (Å²) >= 11 is 0. The molecule has 0 saturated heterocycles. The van der Waals surface area contributed by atoms with Gasteiger partial charge in [0.1, 0.15) is 5.82 Å². The second-order valence-electron chi connectivity index (χ2n) is 7.24. The molecule has 1 unspecified atom stereocenters. The van der Waals surface area contributed by atoms with Crippen LogP contribution >= 0.6 is 0 Å². The summed E-state index contributed by atoms with van der Waals surface area (Å²) in [7, 11) is 0. The van der Waals surface area contributed by atoms with E-state index in [1.165, 1.54) is 24.4 Å². The maximum absolute atomic E-state index is 13.7. The molecule has 1 atom stereocenters. The lowest BCUT2D eigenvalue weighted by Crippen LogP contribution is -2.51. The number of halogens is 4. The predicted molar refractivity (Wildman–Crippen MR) is 92.4 cm³/mol. The van der Waals surface area contributed by atoms with E-state index in [0.717, 1.165) is 5.56 Å². The SMILES string of the molecule is CCc1ccc(F)cc1C(C)(C)CC(O)(Cc1ccccn1)C(F)(F)F. The van der Waals surface area contributed by atoms with Crippen LogP contribution in [0.15, 0.2) is 42.6 Å². The Kier molecular flexibility index (Phi) is 5.76. The van der Waals surface area contributed by atoms with E-state index < -0.39 is 35.9 Å². The Morgan fingerprint density at radius 3 is 2.31 bits per heavy atom. The zero-order chi connectivity index (χ0) is 19.6. The number of pyridine rings is 1. The molecule has 0 spiro atoms. The molecule has 142 valence electrons. The number of benzene rings is 1. The third-order valence-corrected chi connectivity index (χ3v) is 4.64. The summed E-state index contributed by atoms with van der Waals surface area (Å²) in [6.07, 6.45) is -4.15. The minimum atomic E-state index is -4.85. The van der Waals surface area contributed by atoms with Crippen LogP contribution in [0.4, 0.5) is 17.6 Å². The van der Waals surface area contributed by atoms with Gasteiger partial charge in [-0.05, 0) is 53.6 Å². The van der Waals surface area contributed by atoms with E-state index in [1.54, 1.807) is 32.0 Å². The van der Waals surface area contributed by atoms with Crippen molar-refractivity contribution in [2.75, 3.05) is 0 Å².